The van der Waals surface area contributed by atoms with Gasteiger partial charge < -0.3 is 14.4 Å². The minimum atomic E-state index is -0.565. The van der Waals surface area contributed by atoms with Crippen molar-refractivity contribution >= 4 is 17.7 Å². The van der Waals surface area contributed by atoms with Crippen LogP contribution in [-0.2, 0) is 25.7 Å². The lowest BCUT2D eigenvalue weighted by Crippen LogP contribution is -2.55. The molecule has 1 amide bonds. The van der Waals surface area contributed by atoms with Gasteiger partial charge in [0.05, 0.1) is 5.54 Å². The normalized spacial score (nSPS) is 21.6. The van der Waals surface area contributed by atoms with Crippen molar-refractivity contribution in [1.29, 1.82) is 0 Å². The second-order valence-electron chi connectivity index (χ2n) is 8.32. The quantitative estimate of drug-likeness (QED) is 0.696. The van der Waals surface area contributed by atoms with Crippen molar-refractivity contribution in [2.45, 2.75) is 51.7 Å². The third-order valence-electron chi connectivity index (χ3n) is 6.67. The Morgan fingerprint density at radius 2 is 1.67 bits per heavy atom. The molecular weight excluding hydrogens is 382 g/mol. The zero-order valence-corrected chi connectivity index (χ0v) is 17.5. The maximum Gasteiger partial charge on any atom is 0.410 e. The Bertz CT molecular complexity index is 938. The van der Waals surface area contributed by atoms with E-state index < -0.39 is 11.6 Å². The lowest BCUT2D eigenvalue weighted by Gasteiger charge is -2.45. The number of allylic oxidation sites excluding steroid dienone is 2. The molecule has 6 nitrogen and oxygen atoms in total. The number of hydrogen-bond donors (Lipinski definition) is 0. The van der Waals surface area contributed by atoms with E-state index in [2.05, 4.69) is 0 Å². The molecule has 2 aliphatic heterocycles. The first-order valence-corrected chi connectivity index (χ1v) is 10.5. The average Bonchev–Trinajstić information content (AvgIpc) is 2.93. The van der Waals surface area contributed by atoms with Crippen molar-refractivity contribution in [1.82, 2.24) is 4.90 Å². The van der Waals surface area contributed by atoms with Crippen LogP contribution >= 0.6 is 0 Å². The lowest BCUT2D eigenvalue weighted by molar-refractivity contribution is -0.116. The van der Waals surface area contributed by atoms with E-state index >= 15 is 0 Å². The molecule has 0 aromatic heterocycles. The molecule has 0 bridgehead atoms. The highest BCUT2D eigenvalue weighted by Crippen LogP contribution is 2.42. The molecule has 6 heteroatoms. The van der Waals surface area contributed by atoms with Gasteiger partial charge in [0.15, 0.2) is 11.6 Å². The van der Waals surface area contributed by atoms with E-state index in [1.165, 1.54) is 0 Å². The van der Waals surface area contributed by atoms with Crippen LogP contribution in [0.3, 0.4) is 0 Å². The highest BCUT2D eigenvalue weighted by Gasteiger charge is 2.47. The molecule has 1 saturated heterocycles. The number of amides is 1. The van der Waals surface area contributed by atoms with Gasteiger partial charge in [0.2, 0.25) is 0 Å². The Labute approximate surface area is 176 Å². The molecule has 0 saturated carbocycles. The van der Waals surface area contributed by atoms with Gasteiger partial charge in [-0.05, 0) is 38.7 Å². The van der Waals surface area contributed by atoms with Gasteiger partial charge in [-0.15, -0.1) is 0 Å². The molecule has 3 aliphatic rings. The molecule has 1 aliphatic carbocycles. The molecule has 1 spiro atoms. The number of carbonyl (C=O) groups is 3. The monoisotopic (exact) mass is 409 g/mol. The Kier molecular flexibility index (Phi) is 5.60. The number of nitrogens with zero attached hydrogens (tertiary/aromatic N) is 1. The summed E-state index contributed by atoms with van der Waals surface area (Å²) < 4.78 is 11.2. The van der Waals surface area contributed by atoms with Crippen LogP contribution in [0.5, 0.6) is 0 Å². The summed E-state index contributed by atoms with van der Waals surface area (Å²) in [5.74, 6) is -0.128. The third-order valence-corrected chi connectivity index (χ3v) is 6.67. The number of benzene rings is 1. The van der Waals surface area contributed by atoms with Gasteiger partial charge in [-0.3, -0.25) is 9.59 Å². The largest absolute Gasteiger partial charge is 0.445 e. The number of carbonyl (C=O) groups excluding carboxylic acids is 3. The fourth-order valence-electron chi connectivity index (χ4n) is 4.68. The molecule has 1 aromatic carbocycles. The van der Waals surface area contributed by atoms with E-state index in [0.717, 1.165) is 5.56 Å². The van der Waals surface area contributed by atoms with Gasteiger partial charge in [-0.1, -0.05) is 30.3 Å². The number of hydrogen-bond acceptors (Lipinski definition) is 5. The molecule has 0 atom stereocenters. The van der Waals surface area contributed by atoms with E-state index in [4.69, 9.17) is 9.47 Å². The summed E-state index contributed by atoms with van der Waals surface area (Å²) in [4.78, 5) is 40.9. The van der Waals surface area contributed by atoms with Crippen LogP contribution in [0.25, 0.3) is 0 Å². The van der Waals surface area contributed by atoms with Crippen molar-refractivity contribution in [3.63, 3.8) is 0 Å². The minimum absolute atomic E-state index is 0.0625. The third kappa shape index (κ3) is 3.60. The maximum absolute atomic E-state index is 13.2. The molecular formula is C24H27NO5. The van der Waals surface area contributed by atoms with Crippen LogP contribution in [0.2, 0.25) is 0 Å². The number of rotatable bonds is 2. The Morgan fingerprint density at radius 3 is 2.33 bits per heavy atom. The minimum Gasteiger partial charge on any atom is -0.445 e. The maximum atomic E-state index is 13.2. The topological polar surface area (TPSA) is 72.9 Å². The fourth-order valence-corrected chi connectivity index (χ4v) is 4.68. The molecule has 2 heterocycles. The fraction of sp³-hybridized carbons (Fsp3) is 0.458. The van der Waals surface area contributed by atoms with Crippen molar-refractivity contribution in [3.8, 4) is 0 Å². The van der Waals surface area contributed by atoms with E-state index in [0.29, 0.717) is 67.7 Å². The summed E-state index contributed by atoms with van der Waals surface area (Å²) in [6, 6.07) is 9.55. The van der Waals surface area contributed by atoms with Gasteiger partial charge in [0, 0.05) is 48.5 Å². The molecule has 158 valence electrons. The van der Waals surface area contributed by atoms with Crippen LogP contribution in [-0.4, -0.2) is 47.9 Å². The molecule has 0 N–H and O–H groups in total. The SMILES string of the molecule is CC1=C(C)C(=O)C2=C(CCN(C(=O)OCc3ccccc3)C3(CCOCC3)C2)C1=O. The van der Waals surface area contributed by atoms with Crippen LogP contribution in [0.1, 0.15) is 45.1 Å². The highest BCUT2D eigenvalue weighted by molar-refractivity contribution is 6.25. The predicted molar refractivity (Wildman–Crippen MR) is 111 cm³/mol. The average molecular weight is 409 g/mol. The standard InChI is InChI=1S/C24H27NO5/c1-16-17(2)22(27)20-14-24(9-12-29-13-10-24)25(11-8-19(20)21(16)26)23(28)30-15-18-6-4-3-5-7-18/h3-7H,8-15H2,1-2H3. The molecule has 1 fully saturated rings. The van der Waals surface area contributed by atoms with Crippen molar-refractivity contribution in [2.75, 3.05) is 19.8 Å². The van der Waals surface area contributed by atoms with Gasteiger partial charge in [0.1, 0.15) is 6.61 Å². The summed E-state index contributed by atoms with van der Waals surface area (Å²) in [6.45, 7) is 5.00. The van der Waals surface area contributed by atoms with Gasteiger partial charge >= 0.3 is 6.09 Å². The van der Waals surface area contributed by atoms with Crippen molar-refractivity contribution in [3.05, 3.63) is 58.2 Å². The Balaban J connectivity index is 1.62. The first kappa shape index (κ1) is 20.5. The summed E-state index contributed by atoms with van der Waals surface area (Å²) in [6.07, 6.45) is 1.58. The predicted octanol–water partition coefficient (Wildman–Crippen LogP) is 3.75. The zero-order chi connectivity index (χ0) is 21.3. The summed E-state index contributed by atoms with van der Waals surface area (Å²) in [7, 11) is 0. The summed E-state index contributed by atoms with van der Waals surface area (Å²) in [5, 5.41) is 0. The van der Waals surface area contributed by atoms with Crippen LogP contribution in [0.15, 0.2) is 52.6 Å². The van der Waals surface area contributed by atoms with E-state index in [-0.39, 0.29) is 18.2 Å². The molecule has 1 aromatic rings. The first-order valence-electron chi connectivity index (χ1n) is 10.5. The summed E-state index contributed by atoms with van der Waals surface area (Å²) >= 11 is 0. The number of ketones is 2. The number of Topliss-reactive ketones (excluding diaryl/α,β-unsaturated/α-hetero) is 2. The highest BCUT2D eigenvalue weighted by atomic mass is 16.6. The van der Waals surface area contributed by atoms with Gasteiger partial charge in [-0.2, -0.15) is 0 Å². The molecule has 0 unspecified atom stereocenters. The van der Waals surface area contributed by atoms with Crippen molar-refractivity contribution < 1.29 is 23.9 Å². The Hall–Kier alpha value is -2.73. The van der Waals surface area contributed by atoms with E-state index in [1.54, 1.807) is 18.7 Å². The zero-order valence-electron chi connectivity index (χ0n) is 17.5. The molecule has 4 rings (SSSR count). The first-order chi connectivity index (χ1) is 14.4. The second kappa shape index (κ2) is 8.19. The van der Waals surface area contributed by atoms with Crippen molar-refractivity contribution in [2.24, 2.45) is 0 Å². The van der Waals surface area contributed by atoms with E-state index in [9.17, 15) is 14.4 Å². The van der Waals surface area contributed by atoms with Gasteiger partial charge in [-0.25, -0.2) is 4.79 Å². The van der Waals surface area contributed by atoms with Crippen LogP contribution in [0.4, 0.5) is 4.79 Å². The lowest BCUT2D eigenvalue weighted by atomic mass is 9.76. The number of ether oxygens (including phenoxy) is 2. The molecule has 30 heavy (non-hydrogen) atoms. The smallest absolute Gasteiger partial charge is 0.410 e. The Morgan fingerprint density at radius 1 is 1.03 bits per heavy atom. The van der Waals surface area contributed by atoms with Crippen LogP contribution < -0.4 is 0 Å². The van der Waals surface area contributed by atoms with Crippen LogP contribution in [0, 0.1) is 0 Å². The molecule has 0 radical (unpaired) electrons. The van der Waals surface area contributed by atoms with Gasteiger partial charge in [0.25, 0.3) is 0 Å². The summed E-state index contributed by atoms with van der Waals surface area (Å²) in [5.41, 5.74) is 2.52. The second-order valence-corrected chi connectivity index (χ2v) is 8.32. The van der Waals surface area contributed by atoms with E-state index in [1.807, 2.05) is 30.3 Å².